The quantitative estimate of drug-likeness (QED) is 0.335. The molecular formula is C28H28F2N4O4. The highest BCUT2D eigenvalue weighted by Crippen LogP contribution is 2.32. The standard InChI is InChI=1S/C28H28F2N4O4/c1-16(35)24-15-34(14-17-3-2-4-19(11-17)27(36)32-20-7-9-38-10-8-20)28(37)21-6-5-18(12-22(21)24)23-13-31-33-25(23)26(29)30/h2-6,11-13,15-16,20,26,35H,7-10,14H2,1H3,(H,31,33)(H,32,36). The van der Waals surface area contributed by atoms with Gasteiger partial charge in [0.05, 0.1) is 12.6 Å². The van der Waals surface area contributed by atoms with E-state index in [4.69, 9.17) is 4.74 Å². The molecule has 0 spiro atoms. The van der Waals surface area contributed by atoms with Crippen molar-refractivity contribution in [1.29, 1.82) is 0 Å². The summed E-state index contributed by atoms with van der Waals surface area (Å²) in [4.78, 5) is 26.2. The van der Waals surface area contributed by atoms with E-state index in [0.717, 1.165) is 18.4 Å². The van der Waals surface area contributed by atoms with Crippen LogP contribution in [-0.2, 0) is 11.3 Å². The van der Waals surface area contributed by atoms with E-state index < -0.39 is 12.5 Å². The van der Waals surface area contributed by atoms with Crippen LogP contribution in [0.25, 0.3) is 21.9 Å². The van der Waals surface area contributed by atoms with Crippen molar-refractivity contribution >= 4 is 16.7 Å². The fraction of sp³-hybridized carbons (Fsp3) is 0.321. The van der Waals surface area contributed by atoms with Crippen molar-refractivity contribution in [3.63, 3.8) is 0 Å². The van der Waals surface area contributed by atoms with Crippen LogP contribution in [0.5, 0.6) is 0 Å². The van der Waals surface area contributed by atoms with Gasteiger partial charge in [0.2, 0.25) is 0 Å². The zero-order valence-corrected chi connectivity index (χ0v) is 20.8. The van der Waals surface area contributed by atoms with Crippen molar-refractivity contribution in [2.75, 3.05) is 13.2 Å². The summed E-state index contributed by atoms with van der Waals surface area (Å²) in [6.45, 7) is 3.02. The zero-order chi connectivity index (χ0) is 26.8. The molecule has 1 fully saturated rings. The number of pyridine rings is 1. The smallest absolute Gasteiger partial charge is 0.282 e. The number of aromatic nitrogens is 3. The van der Waals surface area contributed by atoms with Crippen LogP contribution < -0.4 is 10.9 Å². The molecule has 3 heterocycles. The van der Waals surface area contributed by atoms with Gasteiger partial charge in [-0.25, -0.2) is 8.78 Å². The highest BCUT2D eigenvalue weighted by molar-refractivity contribution is 5.94. The van der Waals surface area contributed by atoms with Crippen LogP contribution in [0.2, 0.25) is 0 Å². The number of carbonyl (C=O) groups excluding carboxylic acids is 1. The number of aliphatic hydroxyl groups excluding tert-OH is 1. The van der Waals surface area contributed by atoms with Gasteiger partial charge in [0.25, 0.3) is 17.9 Å². The fourth-order valence-corrected chi connectivity index (χ4v) is 4.85. The van der Waals surface area contributed by atoms with Gasteiger partial charge in [-0.3, -0.25) is 14.7 Å². The number of nitrogens with one attached hydrogen (secondary N) is 2. The molecule has 1 atom stereocenters. The Morgan fingerprint density at radius 1 is 1.21 bits per heavy atom. The molecule has 2 aromatic heterocycles. The number of aliphatic hydroxyl groups is 1. The van der Waals surface area contributed by atoms with Gasteiger partial charge in [-0.2, -0.15) is 5.10 Å². The van der Waals surface area contributed by atoms with Crippen LogP contribution in [0.4, 0.5) is 8.78 Å². The minimum atomic E-state index is -2.76. The molecule has 4 aromatic rings. The van der Waals surface area contributed by atoms with Crippen molar-refractivity contribution in [2.24, 2.45) is 0 Å². The van der Waals surface area contributed by atoms with Crippen LogP contribution >= 0.6 is 0 Å². The van der Waals surface area contributed by atoms with Crippen LogP contribution in [0.3, 0.4) is 0 Å². The Kier molecular flexibility index (Phi) is 7.35. The molecule has 1 saturated heterocycles. The minimum Gasteiger partial charge on any atom is -0.389 e. The van der Waals surface area contributed by atoms with E-state index >= 15 is 0 Å². The van der Waals surface area contributed by atoms with E-state index in [0.29, 0.717) is 40.7 Å². The average molecular weight is 523 g/mol. The number of ether oxygens (including phenoxy) is 1. The summed E-state index contributed by atoms with van der Waals surface area (Å²) in [5.41, 5.74) is 1.75. The van der Waals surface area contributed by atoms with Crippen LogP contribution in [0.1, 0.15) is 59.5 Å². The number of aromatic amines is 1. The molecule has 1 aliphatic rings. The summed E-state index contributed by atoms with van der Waals surface area (Å²) in [5.74, 6) is -0.177. The van der Waals surface area contributed by atoms with Gasteiger partial charge in [0.15, 0.2) is 0 Å². The van der Waals surface area contributed by atoms with Gasteiger partial charge in [0.1, 0.15) is 5.69 Å². The molecule has 3 N–H and O–H groups in total. The Hall–Kier alpha value is -3.89. The molecule has 38 heavy (non-hydrogen) atoms. The number of H-pyrrole nitrogens is 1. The van der Waals surface area contributed by atoms with E-state index in [2.05, 4.69) is 15.5 Å². The van der Waals surface area contributed by atoms with E-state index in [1.165, 1.54) is 10.8 Å². The topological polar surface area (TPSA) is 109 Å². The first kappa shape index (κ1) is 25.7. The maximum atomic E-state index is 13.4. The predicted octanol–water partition coefficient (Wildman–Crippen LogP) is 4.34. The lowest BCUT2D eigenvalue weighted by molar-refractivity contribution is 0.0696. The number of alkyl halides is 2. The Balaban J connectivity index is 1.47. The molecule has 0 radical (unpaired) electrons. The molecule has 5 rings (SSSR count). The third kappa shape index (κ3) is 5.23. The van der Waals surface area contributed by atoms with Gasteiger partial charge in [-0.1, -0.05) is 18.2 Å². The van der Waals surface area contributed by atoms with E-state index in [1.54, 1.807) is 49.5 Å². The van der Waals surface area contributed by atoms with E-state index in [-0.39, 0.29) is 35.3 Å². The molecule has 1 amide bonds. The van der Waals surface area contributed by atoms with Crippen LogP contribution in [-0.4, -0.2) is 45.0 Å². The van der Waals surface area contributed by atoms with Crippen LogP contribution in [0.15, 0.2) is 59.7 Å². The predicted molar refractivity (Wildman–Crippen MR) is 138 cm³/mol. The van der Waals surface area contributed by atoms with Crippen molar-refractivity contribution in [3.8, 4) is 11.1 Å². The number of amides is 1. The Bertz CT molecular complexity index is 1520. The van der Waals surface area contributed by atoms with Gasteiger partial charge in [-0.15, -0.1) is 0 Å². The van der Waals surface area contributed by atoms with E-state index in [1.807, 2.05) is 6.07 Å². The average Bonchev–Trinajstić information content (AvgIpc) is 3.41. The Labute approximate surface area is 217 Å². The van der Waals surface area contributed by atoms with Crippen molar-refractivity contribution in [2.45, 2.75) is 44.9 Å². The Morgan fingerprint density at radius 3 is 2.74 bits per heavy atom. The summed E-state index contributed by atoms with van der Waals surface area (Å²) < 4.78 is 33.6. The monoisotopic (exact) mass is 522 g/mol. The van der Waals surface area contributed by atoms with Gasteiger partial charge >= 0.3 is 0 Å². The molecule has 0 saturated carbocycles. The van der Waals surface area contributed by atoms with Crippen molar-refractivity contribution < 1.29 is 23.4 Å². The maximum absolute atomic E-state index is 13.4. The molecule has 0 bridgehead atoms. The number of halogens is 2. The summed E-state index contributed by atoms with van der Waals surface area (Å²) in [6.07, 6.45) is 0.826. The first-order valence-corrected chi connectivity index (χ1v) is 12.5. The number of rotatable bonds is 7. The third-order valence-corrected chi connectivity index (χ3v) is 6.85. The third-order valence-electron chi connectivity index (χ3n) is 6.85. The van der Waals surface area contributed by atoms with Crippen molar-refractivity contribution in [1.82, 2.24) is 20.1 Å². The largest absolute Gasteiger partial charge is 0.389 e. The van der Waals surface area contributed by atoms with Crippen molar-refractivity contribution in [3.05, 3.63) is 87.6 Å². The molecule has 10 heteroatoms. The SMILES string of the molecule is CC(O)c1cn(Cc2cccc(C(=O)NC3CCOCC3)c2)c(=O)c2ccc(-c3c[nH]nc3C(F)F)cc12. The lowest BCUT2D eigenvalue weighted by atomic mass is 9.98. The van der Waals surface area contributed by atoms with E-state index in [9.17, 15) is 23.5 Å². The molecule has 8 nitrogen and oxygen atoms in total. The summed E-state index contributed by atoms with van der Waals surface area (Å²) >= 11 is 0. The minimum absolute atomic E-state index is 0.0697. The van der Waals surface area contributed by atoms with Gasteiger partial charge in [-0.05, 0) is 60.5 Å². The number of carbonyl (C=O) groups is 1. The number of hydrogen-bond donors (Lipinski definition) is 3. The summed E-state index contributed by atoms with van der Waals surface area (Å²) in [5, 5.41) is 20.5. The Morgan fingerprint density at radius 2 is 2.00 bits per heavy atom. The number of hydrogen-bond acceptors (Lipinski definition) is 5. The second-order valence-corrected chi connectivity index (χ2v) is 9.50. The first-order valence-electron chi connectivity index (χ1n) is 12.5. The van der Waals surface area contributed by atoms with Crippen LogP contribution in [0, 0.1) is 0 Å². The summed E-state index contributed by atoms with van der Waals surface area (Å²) in [7, 11) is 0. The number of fused-ring (bicyclic) bond motifs is 1. The van der Waals surface area contributed by atoms with Gasteiger partial charge in [0, 0.05) is 53.7 Å². The molecule has 2 aromatic carbocycles. The lowest BCUT2D eigenvalue weighted by Gasteiger charge is -2.23. The molecule has 1 aliphatic heterocycles. The lowest BCUT2D eigenvalue weighted by Crippen LogP contribution is -2.38. The molecular weight excluding hydrogens is 494 g/mol. The zero-order valence-electron chi connectivity index (χ0n) is 20.8. The number of benzene rings is 2. The molecule has 1 unspecified atom stereocenters. The fourth-order valence-electron chi connectivity index (χ4n) is 4.85. The highest BCUT2D eigenvalue weighted by atomic mass is 19.3. The number of nitrogens with zero attached hydrogens (tertiary/aromatic N) is 2. The normalized spacial score (nSPS) is 15.2. The highest BCUT2D eigenvalue weighted by Gasteiger charge is 2.20. The summed E-state index contributed by atoms with van der Waals surface area (Å²) in [6, 6.07) is 12.0. The maximum Gasteiger partial charge on any atom is 0.282 e. The van der Waals surface area contributed by atoms with Gasteiger partial charge < -0.3 is 19.7 Å². The second-order valence-electron chi connectivity index (χ2n) is 9.50. The second kappa shape index (κ2) is 10.8. The molecule has 198 valence electrons. The first-order chi connectivity index (χ1) is 18.3. The molecule has 0 aliphatic carbocycles.